The van der Waals surface area contributed by atoms with E-state index >= 15 is 0 Å². The van der Waals surface area contributed by atoms with Gasteiger partial charge in [0.05, 0.1) is 5.56 Å². The van der Waals surface area contributed by atoms with Crippen molar-refractivity contribution in [2.75, 3.05) is 6.54 Å². The highest BCUT2D eigenvalue weighted by Gasteiger charge is 2.48. The lowest BCUT2D eigenvalue weighted by molar-refractivity contribution is -0.149. The monoisotopic (exact) mass is 475 g/mol. The fourth-order valence-corrected chi connectivity index (χ4v) is 4.24. The van der Waals surface area contributed by atoms with E-state index in [4.69, 9.17) is 0 Å². The summed E-state index contributed by atoms with van der Waals surface area (Å²) in [4.78, 5) is 62.6. The number of halogens is 3. The van der Waals surface area contributed by atoms with Gasteiger partial charge in [-0.1, -0.05) is 19.1 Å². The maximum Gasteiger partial charge on any atom is 0.416 e. The van der Waals surface area contributed by atoms with E-state index in [1.54, 1.807) is 19.1 Å². The molecule has 2 saturated heterocycles. The summed E-state index contributed by atoms with van der Waals surface area (Å²) in [6.45, 7) is 1.87. The number of carbonyl (C=O) groups is 5. The van der Waals surface area contributed by atoms with Crippen molar-refractivity contribution in [3.05, 3.63) is 58.7 Å². The molecule has 3 unspecified atom stereocenters. The lowest BCUT2D eigenvalue weighted by atomic mass is 9.83. The zero-order valence-electron chi connectivity index (χ0n) is 17.9. The van der Waals surface area contributed by atoms with Crippen LogP contribution in [0.25, 0.3) is 0 Å². The van der Waals surface area contributed by atoms with Crippen molar-refractivity contribution < 1.29 is 37.1 Å². The van der Waals surface area contributed by atoms with Gasteiger partial charge in [0.25, 0.3) is 17.7 Å². The normalized spacial score (nSPS) is 24.9. The third kappa shape index (κ3) is 4.25. The topological polar surface area (TPSA) is 113 Å². The summed E-state index contributed by atoms with van der Waals surface area (Å²) in [5.74, 6) is -3.60. The molecule has 8 nitrogen and oxygen atoms in total. The first-order valence-corrected chi connectivity index (χ1v) is 10.6. The van der Waals surface area contributed by atoms with Gasteiger partial charge in [0, 0.05) is 35.6 Å². The maximum absolute atomic E-state index is 13.0. The molecule has 4 rings (SSSR count). The molecule has 11 heteroatoms. The molecule has 0 aromatic heterocycles. The van der Waals surface area contributed by atoms with Crippen molar-refractivity contribution in [1.82, 2.24) is 15.5 Å². The number of hydrogen-bond acceptors (Lipinski definition) is 5. The minimum atomic E-state index is -4.50. The van der Waals surface area contributed by atoms with Crippen LogP contribution in [-0.4, -0.2) is 47.0 Å². The van der Waals surface area contributed by atoms with Gasteiger partial charge >= 0.3 is 6.18 Å². The average Bonchev–Trinajstić information content (AvgIpc) is 3.01. The molecule has 178 valence electrons. The van der Waals surface area contributed by atoms with Crippen LogP contribution in [0, 0.1) is 11.8 Å². The van der Waals surface area contributed by atoms with Crippen molar-refractivity contribution in [2.24, 2.45) is 11.8 Å². The highest BCUT2D eigenvalue weighted by atomic mass is 19.4. The van der Waals surface area contributed by atoms with Gasteiger partial charge in [0.1, 0.15) is 6.04 Å². The van der Waals surface area contributed by atoms with E-state index in [1.807, 2.05) is 0 Å². The molecule has 3 atom stereocenters. The number of likely N-dealkylation sites (tertiary alicyclic amines) is 1. The minimum Gasteiger partial charge on any atom is -0.351 e. The van der Waals surface area contributed by atoms with Crippen LogP contribution in [0.3, 0.4) is 0 Å². The second-order valence-electron chi connectivity index (χ2n) is 8.42. The third-order valence-corrected chi connectivity index (χ3v) is 6.17. The number of imide groups is 2. The zero-order valence-corrected chi connectivity index (χ0v) is 17.9. The number of amides is 5. The van der Waals surface area contributed by atoms with Gasteiger partial charge < -0.3 is 5.32 Å². The summed E-state index contributed by atoms with van der Waals surface area (Å²) in [5, 5.41) is 4.78. The Morgan fingerprint density at radius 1 is 1.06 bits per heavy atom. The van der Waals surface area contributed by atoms with Gasteiger partial charge in [-0.3, -0.25) is 34.2 Å². The molecule has 2 heterocycles. The molecule has 0 bridgehead atoms. The number of rotatable bonds is 4. The smallest absolute Gasteiger partial charge is 0.351 e. The summed E-state index contributed by atoms with van der Waals surface area (Å²) >= 11 is 0. The Labute approximate surface area is 191 Å². The molecule has 5 amide bonds. The van der Waals surface area contributed by atoms with E-state index in [0.29, 0.717) is 0 Å². The lowest BCUT2D eigenvalue weighted by Crippen LogP contribution is -2.54. The summed E-state index contributed by atoms with van der Waals surface area (Å²) in [6.07, 6.45) is -1.27. The van der Waals surface area contributed by atoms with Crippen molar-refractivity contribution in [3.63, 3.8) is 0 Å². The SMILES string of the molecule is CC1C=C2C(=O)N(C3CCC(=O)NC3=O)C(=O)C2=CC1CNC(=O)c1ccc(C(F)(F)F)cc1. The third-order valence-electron chi connectivity index (χ3n) is 6.17. The van der Waals surface area contributed by atoms with Gasteiger partial charge in [0.15, 0.2) is 0 Å². The molecule has 0 spiro atoms. The van der Waals surface area contributed by atoms with Crippen LogP contribution in [0.15, 0.2) is 47.6 Å². The average molecular weight is 475 g/mol. The van der Waals surface area contributed by atoms with Gasteiger partial charge in [-0.25, -0.2) is 0 Å². The summed E-state index contributed by atoms with van der Waals surface area (Å²) < 4.78 is 38.1. The molecule has 0 saturated carbocycles. The summed E-state index contributed by atoms with van der Waals surface area (Å²) in [6, 6.07) is 2.73. The maximum atomic E-state index is 13.0. The first-order valence-electron chi connectivity index (χ1n) is 10.6. The number of alkyl halides is 3. The largest absolute Gasteiger partial charge is 0.416 e. The van der Waals surface area contributed by atoms with Crippen molar-refractivity contribution >= 4 is 29.5 Å². The van der Waals surface area contributed by atoms with Gasteiger partial charge in [-0.05, 0) is 36.6 Å². The van der Waals surface area contributed by atoms with Crippen LogP contribution < -0.4 is 10.6 Å². The first kappa shape index (κ1) is 23.4. The number of carbonyl (C=O) groups excluding carboxylic acids is 5. The Morgan fingerprint density at radius 2 is 1.68 bits per heavy atom. The summed E-state index contributed by atoms with van der Waals surface area (Å²) in [5.41, 5.74) is -0.511. The Bertz CT molecular complexity index is 1150. The van der Waals surface area contributed by atoms with Gasteiger partial charge in [-0.2, -0.15) is 13.2 Å². The fourth-order valence-electron chi connectivity index (χ4n) is 4.24. The van der Waals surface area contributed by atoms with E-state index in [1.165, 1.54) is 0 Å². The van der Waals surface area contributed by atoms with E-state index in [9.17, 15) is 37.1 Å². The number of piperidine rings is 1. The van der Waals surface area contributed by atoms with Gasteiger partial charge in [-0.15, -0.1) is 0 Å². The zero-order chi connectivity index (χ0) is 24.8. The van der Waals surface area contributed by atoms with E-state index in [2.05, 4.69) is 10.6 Å². The molecule has 1 aromatic carbocycles. The highest BCUT2D eigenvalue weighted by Crippen LogP contribution is 2.36. The van der Waals surface area contributed by atoms with E-state index in [0.717, 1.165) is 29.2 Å². The molecule has 2 N–H and O–H groups in total. The van der Waals surface area contributed by atoms with E-state index in [-0.39, 0.29) is 47.9 Å². The Morgan fingerprint density at radius 3 is 2.26 bits per heavy atom. The molecular weight excluding hydrogens is 455 g/mol. The predicted octanol–water partition coefficient (Wildman–Crippen LogP) is 1.73. The molecule has 3 aliphatic rings. The molecule has 1 aliphatic carbocycles. The van der Waals surface area contributed by atoms with Crippen LogP contribution in [0.1, 0.15) is 35.7 Å². The fraction of sp³-hybridized carbons (Fsp3) is 0.348. The molecule has 2 aliphatic heterocycles. The van der Waals surface area contributed by atoms with Gasteiger partial charge in [0.2, 0.25) is 11.8 Å². The lowest BCUT2D eigenvalue weighted by Gasteiger charge is -2.27. The van der Waals surface area contributed by atoms with Crippen LogP contribution in [-0.2, 0) is 25.4 Å². The predicted molar refractivity (Wildman–Crippen MR) is 111 cm³/mol. The van der Waals surface area contributed by atoms with Crippen molar-refractivity contribution in [1.29, 1.82) is 0 Å². The second kappa shape index (κ2) is 8.54. The van der Waals surface area contributed by atoms with Crippen LogP contribution in [0.4, 0.5) is 13.2 Å². The Kier molecular flexibility index (Phi) is 5.88. The minimum absolute atomic E-state index is 0.0145. The number of benzene rings is 1. The molecular formula is C23H20F3N3O5. The number of fused-ring (bicyclic) bond motifs is 1. The van der Waals surface area contributed by atoms with Crippen LogP contribution >= 0.6 is 0 Å². The molecule has 2 fully saturated rings. The first-order chi connectivity index (χ1) is 16.0. The quantitative estimate of drug-likeness (QED) is 0.645. The van der Waals surface area contributed by atoms with Crippen LogP contribution in [0.5, 0.6) is 0 Å². The standard InChI is InChI=1S/C23H20F3N3O5/c1-11-8-15-16(22(34)29(21(15)33)17-6-7-18(30)28-20(17)32)9-13(11)10-27-19(31)12-2-4-14(5-3-12)23(24,25)26/h2-5,8-9,11,13,17H,6-7,10H2,1H3,(H,27,31)(H,28,30,32). The molecule has 34 heavy (non-hydrogen) atoms. The molecule has 1 aromatic rings. The van der Waals surface area contributed by atoms with Crippen LogP contribution in [0.2, 0.25) is 0 Å². The summed E-state index contributed by atoms with van der Waals surface area (Å²) in [7, 11) is 0. The van der Waals surface area contributed by atoms with Crippen molar-refractivity contribution in [2.45, 2.75) is 32.0 Å². The number of allylic oxidation sites excluding steroid dienone is 1. The second-order valence-corrected chi connectivity index (χ2v) is 8.42. The van der Waals surface area contributed by atoms with Crippen molar-refractivity contribution in [3.8, 4) is 0 Å². The highest BCUT2D eigenvalue weighted by molar-refractivity contribution is 6.26. The number of hydrogen-bond donors (Lipinski definition) is 2. The van der Waals surface area contributed by atoms with E-state index < -0.39 is 47.3 Å². The Balaban J connectivity index is 1.46. The molecule has 0 radical (unpaired) electrons. The number of nitrogens with one attached hydrogen (secondary N) is 2. The Hall–Kier alpha value is -3.76. The number of nitrogens with zero attached hydrogens (tertiary/aromatic N) is 1.